The largest absolute Gasteiger partial charge is 0.508 e. The zero-order valence-corrected chi connectivity index (χ0v) is 9.29. The highest BCUT2D eigenvalue weighted by molar-refractivity contribution is 6.14. The Morgan fingerprint density at radius 1 is 1.17 bits per heavy atom. The molecule has 18 heavy (non-hydrogen) atoms. The molecule has 5 heteroatoms. The molecular weight excluding hydrogens is 230 g/mol. The van der Waals surface area contributed by atoms with E-state index in [0.29, 0.717) is 22.2 Å². The Kier molecular flexibility index (Phi) is 2.30. The van der Waals surface area contributed by atoms with E-state index in [-0.39, 0.29) is 11.5 Å². The third-order valence-corrected chi connectivity index (χ3v) is 2.71. The minimum absolute atomic E-state index is 0.127. The predicted octanol–water partition coefficient (Wildman–Crippen LogP) is 1.89. The molecule has 3 rings (SSSR count). The van der Waals surface area contributed by atoms with Gasteiger partial charge in [0.25, 0.3) is 0 Å². The molecule has 0 radical (unpaired) electrons. The van der Waals surface area contributed by atoms with Gasteiger partial charge in [0.2, 0.25) is 5.78 Å². The van der Waals surface area contributed by atoms with Crippen molar-refractivity contribution in [3.63, 3.8) is 0 Å². The van der Waals surface area contributed by atoms with Gasteiger partial charge in [0.15, 0.2) is 0 Å². The Morgan fingerprint density at radius 3 is 2.72 bits per heavy atom. The topological polar surface area (TPSA) is 78.9 Å². The molecule has 5 nitrogen and oxygen atoms in total. The van der Waals surface area contributed by atoms with Gasteiger partial charge in [0.05, 0.1) is 5.52 Å². The number of hydrogen-bond donors (Lipinski definition) is 2. The van der Waals surface area contributed by atoms with Crippen LogP contribution < -0.4 is 0 Å². The second kappa shape index (κ2) is 3.96. The molecule has 88 valence electrons. The molecule has 0 saturated heterocycles. The van der Waals surface area contributed by atoms with Crippen LogP contribution in [0.4, 0.5) is 0 Å². The van der Waals surface area contributed by atoms with E-state index in [9.17, 15) is 9.90 Å². The molecule has 2 N–H and O–H groups in total. The van der Waals surface area contributed by atoms with E-state index in [4.69, 9.17) is 0 Å². The number of aromatic nitrogens is 3. The van der Waals surface area contributed by atoms with Gasteiger partial charge >= 0.3 is 0 Å². The lowest BCUT2D eigenvalue weighted by Crippen LogP contribution is -2.02. The summed E-state index contributed by atoms with van der Waals surface area (Å²) < 4.78 is 0. The Bertz CT molecular complexity index is 716. The van der Waals surface area contributed by atoms with Gasteiger partial charge in [-0.15, -0.1) is 0 Å². The fourth-order valence-corrected chi connectivity index (χ4v) is 1.78. The van der Waals surface area contributed by atoms with Crippen molar-refractivity contribution in [2.45, 2.75) is 0 Å². The molecule has 0 saturated carbocycles. The van der Waals surface area contributed by atoms with Crippen molar-refractivity contribution < 1.29 is 9.90 Å². The molecule has 0 atom stereocenters. The van der Waals surface area contributed by atoms with Crippen molar-refractivity contribution in [2.24, 2.45) is 0 Å². The summed E-state index contributed by atoms with van der Waals surface area (Å²) in [7, 11) is 0. The van der Waals surface area contributed by atoms with E-state index in [1.54, 1.807) is 30.6 Å². The number of carbonyl (C=O) groups is 1. The van der Waals surface area contributed by atoms with Gasteiger partial charge in [-0.1, -0.05) is 0 Å². The molecule has 3 aromatic rings. The first kappa shape index (κ1) is 10.5. The average molecular weight is 239 g/mol. The van der Waals surface area contributed by atoms with Crippen molar-refractivity contribution >= 4 is 16.7 Å². The number of aromatic hydroxyl groups is 1. The molecule has 1 aromatic carbocycles. The molecule has 0 unspecified atom stereocenters. The minimum atomic E-state index is -0.175. The third kappa shape index (κ3) is 1.62. The van der Waals surface area contributed by atoms with Crippen LogP contribution in [0.25, 0.3) is 10.9 Å². The lowest BCUT2D eigenvalue weighted by molar-refractivity contribution is 0.103. The monoisotopic (exact) mass is 239 g/mol. The average Bonchev–Trinajstić information content (AvgIpc) is 2.82. The van der Waals surface area contributed by atoms with Gasteiger partial charge in [-0.3, -0.25) is 14.9 Å². The number of benzene rings is 1. The number of pyridine rings is 1. The van der Waals surface area contributed by atoms with E-state index >= 15 is 0 Å². The first-order valence-electron chi connectivity index (χ1n) is 5.37. The van der Waals surface area contributed by atoms with E-state index < -0.39 is 0 Å². The van der Waals surface area contributed by atoms with Crippen LogP contribution in [0, 0.1) is 0 Å². The van der Waals surface area contributed by atoms with Crippen molar-refractivity contribution in [1.29, 1.82) is 0 Å². The number of phenols is 1. The molecule has 0 aliphatic carbocycles. The molecule has 0 bridgehead atoms. The van der Waals surface area contributed by atoms with E-state index in [0.717, 1.165) is 0 Å². The maximum Gasteiger partial charge on any atom is 0.211 e. The lowest BCUT2D eigenvalue weighted by Gasteiger charge is -1.99. The van der Waals surface area contributed by atoms with Crippen LogP contribution in [-0.4, -0.2) is 26.1 Å². The van der Waals surface area contributed by atoms with Crippen LogP contribution in [0.2, 0.25) is 0 Å². The van der Waals surface area contributed by atoms with E-state index in [1.807, 2.05) is 0 Å². The van der Waals surface area contributed by atoms with Crippen LogP contribution in [-0.2, 0) is 0 Å². The van der Waals surface area contributed by atoms with Crippen LogP contribution in [0.3, 0.4) is 0 Å². The summed E-state index contributed by atoms with van der Waals surface area (Å²) in [5, 5.41) is 16.7. The Hall–Kier alpha value is -2.69. The fraction of sp³-hybridized carbons (Fsp3) is 0. The van der Waals surface area contributed by atoms with Crippen LogP contribution >= 0.6 is 0 Å². The summed E-state index contributed by atoms with van der Waals surface area (Å²) in [4.78, 5) is 16.2. The normalized spacial score (nSPS) is 10.7. The standard InChI is InChI=1S/C13H9N3O2/c17-9-3-1-8(2-4-9)13(18)12-10-7-14-6-5-11(10)15-16-12/h1-7,17H,(H,15,16). The highest BCUT2D eigenvalue weighted by Gasteiger charge is 2.15. The second-order valence-electron chi connectivity index (χ2n) is 3.87. The van der Waals surface area contributed by atoms with Crippen LogP contribution in [0.1, 0.15) is 16.1 Å². The summed E-state index contributed by atoms with van der Waals surface area (Å²) in [5.74, 6) is -0.0480. The lowest BCUT2D eigenvalue weighted by atomic mass is 10.1. The van der Waals surface area contributed by atoms with Crippen LogP contribution in [0.15, 0.2) is 42.7 Å². The number of rotatable bonds is 2. The van der Waals surface area contributed by atoms with Gasteiger partial charge in [-0.05, 0) is 30.3 Å². The Labute approximate surface area is 102 Å². The minimum Gasteiger partial charge on any atom is -0.508 e. The number of phenolic OH excluding ortho intramolecular Hbond substituents is 1. The summed E-state index contributed by atoms with van der Waals surface area (Å²) in [6.45, 7) is 0. The summed E-state index contributed by atoms with van der Waals surface area (Å²) >= 11 is 0. The molecule has 0 fully saturated rings. The first-order chi connectivity index (χ1) is 8.75. The zero-order chi connectivity index (χ0) is 12.5. The van der Waals surface area contributed by atoms with Gasteiger partial charge in [0, 0.05) is 23.3 Å². The molecule has 0 aliphatic heterocycles. The molecule has 2 aromatic heterocycles. The summed E-state index contributed by atoms with van der Waals surface area (Å²) in [6.07, 6.45) is 3.23. The summed E-state index contributed by atoms with van der Waals surface area (Å²) in [6, 6.07) is 7.83. The number of ketones is 1. The maximum atomic E-state index is 12.3. The van der Waals surface area contributed by atoms with Gasteiger partial charge < -0.3 is 5.11 Å². The number of aromatic amines is 1. The van der Waals surface area contributed by atoms with Gasteiger partial charge in [-0.25, -0.2) is 0 Å². The van der Waals surface area contributed by atoms with Crippen molar-refractivity contribution in [2.75, 3.05) is 0 Å². The predicted molar refractivity (Wildman–Crippen MR) is 65.4 cm³/mol. The first-order valence-corrected chi connectivity index (χ1v) is 5.37. The van der Waals surface area contributed by atoms with Gasteiger partial charge in [-0.2, -0.15) is 5.10 Å². The van der Waals surface area contributed by atoms with Crippen LogP contribution in [0.5, 0.6) is 5.75 Å². The van der Waals surface area contributed by atoms with Crippen molar-refractivity contribution in [3.05, 3.63) is 54.0 Å². The maximum absolute atomic E-state index is 12.3. The number of hydrogen-bond acceptors (Lipinski definition) is 4. The second-order valence-corrected chi connectivity index (χ2v) is 3.87. The third-order valence-electron chi connectivity index (χ3n) is 2.71. The number of fused-ring (bicyclic) bond motifs is 1. The zero-order valence-electron chi connectivity index (χ0n) is 9.29. The molecule has 0 amide bonds. The number of nitrogens with zero attached hydrogens (tertiary/aromatic N) is 2. The quantitative estimate of drug-likeness (QED) is 0.669. The molecule has 0 aliphatic rings. The van der Waals surface area contributed by atoms with E-state index in [2.05, 4.69) is 15.2 Å². The van der Waals surface area contributed by atoms with Gasteiger partial charge in [0.1, 0.15) is 11.4 Å². The highest BCUT2D eigenvalue weighted by atomic mass is 16.3. The number of H-pyrrole nitrogens is 1. The van der Waals surface area contributed by atoms with Crippen molar-refractivity contribution in [3.8, 4) is 5.75 Å². The number of carbonyl (C=O) groups excluding carboxylic acids is 1. The Balaban J connectivity index is 2.09. The highest BCUT2D eigenvalue weighted by Crippen LogP contribution is 2.18. The van der Waals surface area contributed by atoms with Crippen molar-refractivity contribution in [1.82, 2.24) is 15.2 Å². The smallest absolute Gasteiger partial charge is 0.211 e. The summed E-state index contributed by atoms with van der Waals surface area (Å²) in [5.41, 5.74) is 1.60. The number of nitrogens with one attached hydrogen (secondary N) is 1. The van der Waals surface area contributed by atoms with E-state index in [1.165, 1.54) is 12.1 Å². The fourth-order valence-electron chi connectivity index (χ4n) is 1.78. The SMILES string of the molecule is O=C(c1ccc(O)cc1)c1[nH]nc2ccncc12. The molecular formula is C13H9N3O2. The molecule has 0 spiro atoms. The Morgan fingerprint density at radius 2 is 1.94 bits per heavy atom. The molecule has 2 heterocycles.